The molecule has 0 aromatic heterocycles. The molecule has 4 aliphatic rings. The van der Waals surface area contributed by atoms with Gasteiger partial charge in [-0.2, -0.15) is 0 Å². The summed E-state index contributed by atoms with van der Waals surface area (Å²) in [5.41, 5.74) is 0.750. The van der Waals surface area contributed by atoms with Crippen LogP contribution in [-0.4, -0.2) is 17.8 Å². The Labute approximate surface area is 146 Å². The number of rotatable bonds is 1. The molecule has 0 amide bonds. The molecule has 2 heteroatoms. The van der Waals surface area contributed by atoms with E-state index in [2.05, 4.69) is 31.9 Å². The molecule has 130 valence electrons. The average Bonchev–Trinajstić information content (AvgIpc) is 2.86. The number of fused-ring (bicyclic) bond motifs is 5. The van der Waals surface area contributed by atoms with Gasteiger partial charge in [0.05, 0.1) is 12.9 Å². The van der Waals surface area contributed by atoms with Crippen LogP contribution in [0, 0.1) is 40.9 Å². The van der Waals surface area contributed by atoms with Gasteiger partial charge in [-0.25, -0.2) is 0 Å². The molecule has 0 aromatic carbocycles. The van der Waals surface area contributed by atoms with Crippen LogP contribution in [0.3, 0.4) is 0 Å². The van der Waals surface area contributed by atoms with Gasteiger partial charge in [-0.05, 0) is 73.3 Å². The van der Waals surface area contributed by atoms with E-state index in [1.54, 1.807) is 7.11 Å². The molecule has 4 aliphatic carbocycles. The van der Waals surface area contributed by atoms with E-state index < -0.39 is 5.60 Å². The zero-order valence-electron chi connectivity index (χ0n) is 15.3. The molecule has 6 atom stereocenters. The second kappa shape index (κ2) is 5.15. The number of allylic oxidation sites excluding steroid dienone is 4. The summed E-state index contributed by atoms with van der Waals surface area (Å²) in [4.78, 5) is 0. The summed E-state index contributed by atoms with van der Waals surface area (Å²) in [5, 5.41) is 11.0. The van der Waals surface area contributed by atoms with Crippen LogP contribution in [-0.2, 0) is 4.74 Å². The Morgan fingerprint density at radius 2 is 1.96 bits per heavy atom. The van der Waals surface area contributed by atoms with Gasteiger partial charge in [0.15, 0.2) is 0 Å². The Balaban J connectivity index is 1.71. The molecule has 0 saturated heterocycles. The molecule has 2 nitrogen and oxygen atoms in total. The van der Waals surface area contributed by atoms with E-state index in [9.17, 15) is 5.11 Å². The van der Waals surface area contributed by atoms with Gasteiger partial charge in [-0.15, -0.1) is 6.42 Å². The Morgan fingerprint density at radius 3 is 2.67 bits per heavy atom. The summed E-state index contributed by atoms with van der Waals surface area (Å²) in [7, 11) is 1.78. The van der Waals surface area contributed by atoms with Crippen molar-refractivity contribution < 1.29 is 9.84 Å². The van der Waals surface area contributed by atoms with E-state index in [4.69, 9.17) is 11.2 Å². The molecule has 2 saturated carbocycles. The van der Waals surface area contributed by atoms with Crippen LogP contribution in [0.2, 0.25) is 0 Å². The van der Waals surface area contributed by atoms with Crippen molar-refractivity contribution in [2.75, 3.05) is 7.11 Å². The molecular weight excluding hydrogens is 296 g/mol. The smallest absolute Gasteiger partial charge is 0.130 e. The number of methoxy groups -OCH3 is 1. The molecule has 24 heavy (non-hydrogen) atoms. The van der Waals surface area contributed by atoms with Gasteiger partial charge < -0.3 is 9.84 Å². The highest BCUT2D eigenvalue weighted by atomic mass is 16.5. The first-order chi connectivity index (χ1) is 11.4. The minimum absolute atomic E-state index is 0.104. The number of terminal acetylenes is 1. The predicted octanol–water partition coefficient (Wildman–Crippen LogP) is 4.45. The maximum atomic E-state index is 11.0. The van der Waals surface area contributed by atoms with Gasteiger partial charge in [0.25, 0.3) is 0 Å². The fourth-order valence-electron chi connectivity index (χ4n) is 6.71. The van der Waals surface area contributed by atoms with Crippen molar-refractivity contribution in [3.63, 3.8) is 0 Å². The van der Waals surface area contributed by atoms with Crippen LogP contribution in [0.1, 0.15) is 58.8 Å². The molecule has 4 rings (SSSR count). The maximum absolute atomic E-state index is 11.0. The molecule has 0 aromatic rings. The number of hydrogen-bond donors (Lipinski definition) is 1. The minimum atomic E-state index is -0.900. The van der Waals surface area contributed by atoms with E-state index in [1.165, 1.54) is 18.4 Å². The highest BCUT2D eigenvalue weighted by Crippen LogP contribution is 2.66. The average molecular weight is 326 g/mol. The Morgan fingerprint density at radius 1 is 1.21 bits per heavy atom. The van der Waals surface area contributed by atoms with Crippen molar-refractivity contribution in [1.29, 1.82) is 0 Å². The summed E-state index contributed by atoms with van der Waals surface area (Å²) < 4.78 is 5.51. The third kappa shape index (κ3) is 1.88. The van der Waals surface area contributed by atoms with E-state index in [0.717, 1.165) is 37.9 Å². The zero-order valence-corrected chi connectivity index (χ0v) is 15.3. The fourth-order valence-corrected chi connectivity index (χ4v) is 6.71. The number of aliphatic hydroxyl groups is 1. The minimum Gasteiger partial charge on any atom is -0.501 e. The van der Waals surface area contributed by atoms with E-state index in [1.807, 2.05) is 0 Å². The second-order valence-corrected chi connectivity index (χ2v) is 9.00. The van der Waals surface area contributed by atoms with Crippen molar-refractivity contribution >= 4 is 0 Å². The molecule has 0 bridgehead atoms. The Bertz CT molecular complexity index is 653. The van der Waals surface area contributed by atoms with E-state index in [-0.39, 0.29) is 10.8 Å². The highest BCUT2D eigenvalue weighted by Gasteiger charge is 2.63. The lowest BCUT2D eigenvalue weighted by Crippen LogP contribution is -2.53. The van der Waals surface area contributed by atoms with Gasteiger partial charge in [0.1, 0.15) is 5.60 Å². The molecule has 0 aliphatic heterocycles. The quantitative estimate of drug-likeness (QED) is 0.721. The highest BCUT2D eigenvalue weighted by molar-refractivity contribution is 5.36. The maximum Gasteiger partial charge on any atom is 0.130 e. The van der Waals surface area contributed by atoms with Crippen LogP contribution in [0.25, 0.3) is 0 Å². The normalized spacial score (nSPS) is 49.9. The molecule has 0 unspecified atom stereocenters. The monoisotopic (exact) mass is 326 g/mol. The Hall–Kier alpha value is -1.20. The first-order valence-electron chi connectivity index (χ1n) is 9.53. The van der Waals surface area contributed by atoms with Crippen LogP contribution in [0.4, 0.5) is 0 Å². The summed E-state index contributed by atoms with van der Waals surface area (Å²) in [6, 6.07) is 0. The SMILES string of the molecule is C#C[C@@]1(O)CC[C@H]2[C@@H]3CC=C4C=C(OC)CC[C@]4(C)[C@H]3CC[C@@]21C. The Kier molecular flexibility index (Phi) is 3.49. The van der Waals surface area contributed by atoms with Crippen LogP contribution >= 0.6 is 0 Å². The first kappa shape index (κ1) is 16.3. The number of hydrogen-bond acceptors (Lipinski definition) is 2. The molecular formula is C22H30O2. The fraction of sp³-hybridized carbons (Fsp3) is 0.727. The van der Waals surface area contributed by atoms with Gasteiger partial charge in [-0.1, -0.05) is 25.8 Å². The van der Waals surface area contributed by atoms with Crippen LogP contribution in [0.5, 0.6) is 0 Å². The molecule has 1 N–H and O–H groups in total. The molecule has 0 heterocycles. The largest absolute Gasteiger partial charge is 0.501 e. The third-order valence-electron chi connectivity index (χ3n) is 8.38. The lowest BCUT2D eigenvalue weighted by Gasteiger charge is -2.57. The third-order valence-corrected chi connectivity index (χ3v) is 8.38. The van der Waals surface area contributed by atoms with Crippen molar-refractivity contribution in [3.05, 3.63) is 23.5 Å². The standard InChI is InChI=1S/C22H30O2/c1-5-22(23)13-10-19-17-7-6-15-14-16(24-4)8-11-20(15,2)18(17)9-12-21(19,22)3/h1,6,14,17-19,23H,7-13H2,2-4H3/t17-,18+,19+,20+,21+,22-/m1/s1. The summed E-state index contributed by atoms with van der Waals surface area (Å²) in [6.45, 7) is 4.72. The lowest BCUT2D eigenvalue weighted by atomic mass is 9.47. The zero-order chi connectivity index (χ0) is 17.2. The van der Waals surface area contributed by atoms with Crippen LogP contribution in [0.15, 0.2) is 23.5 Å². The van der Waals surface area contributed by atoms with Gasteiger partial charge in [0.2, 0.25) is 0 Å². The van der Waals surface area contributed by atoms with Crippen molar-refractivity contribution in [1.82, 2.24) is 0 Å². The molecule has 0 radical (unpaired) electrons. The van der Waals surface area contributed by atoms with Gasteiger partial charge in [-0.3, -0.25) is 0 Å². The molecule has 0 spiro atoms. The van der Waals surface area contributed by atoms with E-state index in [0.29, 0.717) is 17.8 Å². The lowest BCUT2D eigenvalue weighted by molar-refractivity contribution is -0.0923. The van der Waals surface area contributed by atoms with Crippen molar-refractivity contribution in [3.8, 4) is 12.3 Å². The summed E-state index contributed by atoms with van der Waals surface area (Å²) in [6.07, 6.45) is 18.0. The topological polar surface area (TPSA) is 29.5 Å². The van der Waals surface area contributed by atoms with Crippen molar-refractivity contribution in [2.24, 2.45) is 28.6 Å². The first-order valence-corrected chi connectivity index (χ1v) is 9.53. The molecule has 2 fully saturated rings. The number of ether oxygens (including phenoxy) is 1. The van der Waals surface area contributed by atoms with Gasteiger partial charge >= 0.3 is 0 Å². The second-order valence-electron chi connectivity index (χ2n) is 9.00. The predicted molar refractivity (Wildman–Crippen MR) is 96.0 cm³/mol. The van der Waals surface area contributed by atoms with Crippen molar-refractivity contribution in [2.45, 2.75) is 64.4 Å². The van der Waals surface area contributed by atoms with Crippen LogP contribution < -0.4 is 0 Å². The van der Waals surface area contributed by atoms with Gasteiger partial charge in [0, 0.05) is 11.8 Å². The summed E-state index contributed by atoms with van der Waals surface area (Å²) in [5.74, 6) is 5.83. The van der Waals surface area contributed by atoms with E-state index >= 15 is 0 Å². The summed E-state index contributed by atoms with van der Waals surface area (Å²) >= 11 is 0.